The second kappa shape index (κ2) is 9.68. The number of esters is 1. The highest BCUT2D eigenvalue weighted by Gasteiger charge is 2.55. The van der Waals surface area contributed by atoms with Crippen LogP contribution in [0.3, 0.4) is 0 Å². The first-order valence-electron chi connectivity index (χ1n) is 12.6. The van der Waals surface area contributed by atoms with Gasteiger partial charge in [0.05, 0.1) is 26.7 Å². The van der Waals surface area contributed by atoms with Crippen LogP contribution in [0.4, 0.5) is 0 Å². The molecule has 0 atom stereocenters. The Morgan fingerprint density at radius 2 is 1.38 bits per heavy atom. The number of halogens is 2. The van der Waals surface area contributed by atoms with Gasteiger partial charge >= 0.3 is 5.97 Å². The largest absolute Gasteiger partial charge is 0.506 e. The maximum Gasteiger partial charge on any atom is 0.340 e. The molecule has 202 valence electrons. The van der Waals surface area contributed by atoms with Gasteiger partial charge in [0.1, 0.15) is 23.0 Å². The minimum atomic E-state index is -1.42. The lowest BCUT2D eigenvalue weighted by molar-refractivity contribution is 0.0222. The van der Waals surface area contributed by atoms with Gasteiger partial charge in [0.15, 0.2) is 5.60 Å². The van der Waals surface area contributed by atoms with Crippen molar-refractivity contribution >= 4 is 52.7 Å². The van der Waals surface area contributed by atoms with Crippen LogP contribution < -0.4 is 4.74 Å². The van der Waals surface area contributed by atoms with Crippen LogP contribution in [0.5, 0.6) is 23.0 Å². The molecule has 0 unspecified atom stereocenters. The first kappa shape index (κ1) is 25.7. The number of nitrogens with zero attached hydrogens (tertiary/aromatic N) is 2. The normalized spacial score (nSPS) is 19.6. The van der Waals surface area contributed by atoms with E-state index in [4.69, 9.17) is 32.7 Å². The summed E-state index contributed by atoms with van der Waals surface area (Å²) < 4.78 is 13.0. The quantitative estimate of drug-likeness (QED) is 0.350. The molecule has 7 nitrogen and oxygen atoms in total. The van der Waals surface area contributed by atoms with E-state index in [0.29, 0.717) is 58.0 Å². The third kappa shape index (κ3) is 3.93. The molecule has 4 aliphatic heterocycles. The number of thioether (sulfide) groups is 2. The molecule has 0 aliphatic carbocycles. The molecule has 3 aromatic rings. The lowest BCUT2D eigenvalue weighted by Gasteiger charge is -2.39. The highest BCUT2D eigenvalue weighted by atomic mass is 35.5. The molecule has 0 aromatic heterocycles. The Labute approximate surface area is 244 Å². The van der Waals surface area contributed by atoms with Crippen LogP contribution in [0.25, 0.3) is 0 Å². The van der Waals surface area contributed by atoms with Gasteiger partial charge in [0.2, 0.25) is 0 Å². The molecule has 0 radical (unpaired) electrons. The van der Waals surface area contributed by atoms with Crippen molar-refractivity contribution in [2.45, 2.75) is 18.7 Å². The molecular weight excluding hydrogens is 579 g/mol. The molecule has 0 amide bonds. The zero-order valence-corrected chi connectivity index (χ0v) is 23.9. The second-order valence-electron chi connectivity index (χ2n) is 10.0. The number of aromatic hydroxyl groups is 2. The second-order valence-corrected chi connectivity index (χ2v) is 13.0. The number of hydrogen-bond acceptors (Lipinski definition) is 9. The molecule has 2 fully saturated rings. The van der Waals surface area contributed by atoms with Crippen LogP contribution in [0.1, 0.15) is 38.2 Å². The average molecular weight is 604 g/mol. The smallest absolute Gasteiger partial charge is 0.340 e. The molecular formula is C28H24Cl2N2O5S2. The fraction of sp³-hybridized carbons (Fsp3) is 0.321. The third-order valence-electron chi connectivity index (χ3n) is 7.75. The minimum Gasteiger partial charge on any atom is -0.506 e. The predicted molar refractivity (Wildman–Crippen MR) is 154 cm³/mol. The Morgan fingerprint density at radius 3 is 1.90 bits per heavy atom. The number of phenolic OH excluding ortho intramolecular Hbond substituents is 2. The van der Waals surface area contributed by atoms with Gasteiger partial charge in [-0.1, -0.05) is 41.4 Å². The molecule has 7 rings (SSSR count). The predicted octanol–water partition coefficient (Wildman–Crippen LogP) is 5.99. The van der Waals surface area contributed by atoms with Crippen LogP contribution in [0.2, 0.25) is 10.0 Å². The van der Waals surface area contributed by atoms with E-state index >= 15 is 0 Å². The molecule has 3 aromatic carbocycles. The Hall–Kier alpha value is -2.27. The standard InChI is InChI=1S/C28H24Cl2N2O5S2/c29-21-9-19-25(16(23(21)33)11-31-5-7-38-13-31)36-26-17(12-32-6-8-39-14-32)24(34)22(30)10-20(26)28(19)18-4-2-1-3-15(18)27(35)37-28/h1-4,9-10,33-34H,5-8,11-14H2. The van der Waals surface area contributed by atoms with Crippen LogP contribution >= 0.6 is 46.7 Å². The number of benzene rings is 3. The van der Waals surface area contributed by atoms with E-state index in [1.54, 1.807) is 24.3 Å². The topological polar surface area (TPSA) is 82.5 Å². The first-order chi connectivity index (χ1) is 18.9. The highest BCUT2D eigenvalue weighted by Crippen LogP contribution is 2.61. The summed E-state index contributed by atoms with van der Waals surface area (Å²) in [6.45, 7) is 2.53. The zero-order valence-electron chi connectivity index (χ0n) is 20.7. The lowest BCUT2D eigenvalue weighted by Crippen LogP contribution is -2.34. The molecule has 39 heavy (non-hydrogen) atoms. The van der Waals surface area contributed by atoms with Gasteiger partial charge in [0.25, 0.3) is 0 Å². The van der Waals surface area contributed by atoms with Crippen molar-refractivity contribution in [2.75, 3.05) is 36.3 Å². The van der Waals surface area contributed by atoms with E-state index in [-0.39, 0.29) is 21.5 Å². The molecule has 0 bridgehead atoms. The zero-order chi connectivity index (χ0) is 26.9. The van der Waals surface area contributed by atoms with E-state index in [2.05, 4.69) is 9.80 Å². The summed E-state index contributed by atoms with van der Waals surface area (Å²) >= 11 is 16.9. The Kier molecular flexibility index (Phi) is 6.37. The maximum atomic E-state index is 13.3. The van der Waals surface area contributed by atoms with Gasteiger partial charge in [-0.25, -0.2) is 4.79 Å². The molecule has 4 aliphatic rings. The van der Waals surface area contributed by atoms with Gasteiger partial charge in [-0.05, 0) is 18.2 Å². The van der Waals surface area contributed by atoms with E-state index in [1.165, 1.54) is 0 Å². The lowest BCUT2D eigenvalue weighted by atomic mass is 9.76. The fourth-order valence-corrected chi connectivity index (χ4v) is 8.30. The molecule has 1 spiro atoms. The first-order valence-corrected chi connectivity index (χ1v) is 15.7. The molecule has 11 heteroatoms. The SMILES string of the molecule is O=C1OC2(c3ccccc31)c1cc(Cl)c(O)c(CN3CCSC3)c1Oc1c2cc(Cl)c(O)c1CN1CCSC1. The molecule has 2 saturated heterocycles. The van der Waals surface area contributed by atoms with Gasteiger partial charge in [0, 0.05) is 66.1 Å². The summed E-state index contributed by atoms with van der Waals surface area (Å²) in [6, 6.07) is 10.5. The van der Waals surface area contributed by atoms with Gasteiger partial charge < -0.3 is 19.7 Å². The van der Waals surface area contributed by atoms with Gasteiger partial charge in [-0.15, -0.1) is 23.5 Å². The number of hydrogen-bond donors (Lipinski definition) is 2. The molecule has 0 saturated carbocycles. The number of phenols is 2. The van der Waals surface area contributed by atoms with E-state index in [1.807, 2.05) is 35.7 Å². The van der Waals surface area contributed by atoms with E-state index in [0.717, 1.165) is 36.3 Å². The fourth-order valence-electron chi connectivity index (χ4n) is 5.86. The number of carbonyl (C=O) groups is 1. The Bertz CT molecular complexity index is 1440. The Morgan fingerprint density at radius 1 is 0.846 bits per heavy atom. The van der Waals surface area contributed by atoms with Gasteiger partial charge in [-0.3, -0.25) is 9.80 Å². The number of carbonyl (C=O) groups excluding carboxylic acids is 1. The summed E-state index contributed by atoms with van der Waals surface area (Å²) in [4.78, 5) is 17.8. The number of rotatable bonds is 4. The average Bonchev–Trinajstić information content (AvgIpc) is 3.69. The van der Waals surface area contributed by atoms with Crippen LogP contribution in [-0.2, 0) is 23.4 Å². The highest BCUT2D eigenvalue weighted by molar-refractivity contribution is 7.99. The molecule has 4 heterocycles. The Balaban J connectivity index is 1.53. The monoisotopic (exact) mass is 602 g/mol. The summed E-state index contributed by atoms with van der Waals surface area (Å²) in [7, 11) is 0. The van der Waals surface area contributed by atoms with Crippen molar-refractivity contribution in [1.82, 2.24) is 9.80 Å². The van der Waals surface area contributed by atoms with E-state index in [9.17, 15) is 15.0 Å². The van der Waals surface area contributed by atoms with Crippen molar-refractivity contribution in [2.24, 2.45) is 0 Å². The maximum absolute atomic E-state index is 13.3. The number of ether oxygens (including phenoxy) is 2. The van der Waals surface area contributed by atoms with Crippen LogP contribution in [0, 0.1) is 0 Å². The summed E-state index contributed by atoms with van der Waals surface area (Å²) in [5.41, 5.74) is 1.71. The minimum absolute atomic E-state index is 0.0702. The number of fused-ring (bicyclic) bond motifs is 6. The third-order valence-corrected chi connectivity index (χ3v) is 10.4. The van der Waals surface area contributed by atoms with Crippen molar-refractivity contribution in [3.05, 3.63) is 79.8 Å². The van der Waals surface area contributed by atoms with Crippen molar-refractivity contribution in [1.29, 1.82) is 0 Å². The molecule has 2 N–H and O–H groups in total. The van der Waals surface area contributed by atoms with Crippen molar-refractivity contribution in [3.63, 3.8) is 0 Å². The summed E-state index contributed by atoms with van der Waals surface area (Å²) in [6.07, 6.45) is 0. The van der Waals surface area contributed by atoms with Crippen molar-refractivity contribution in [3.8, 4) is 23.0 Å². The summed E-state index contributed by atoms with van der Waals surface area (Å²) in [5, 5.41) is 22.7. The van der Waals surface area contributed by atoms with Gasteiger partial charge in [-0.2, -0.15) is 0 Å². The van der Waals surface area contributed by atoms with Crippen molar-refractivity contribution < 1.29 is 24.5 Å². The van der Waals surface area contributed by atoms with E-state index < -0.39 is 11.6 Å². The summed E-state index contributed by atoms with van der Waals surface area (Å²) in [5.74, 6) is 3.75. The van der Waals surface area contributed by atoms with Crippen LogP contribution in [0.15, 0.2) is 36.4 Å². The van der Waals surface area contributed by atoms with Crippen LogP contribution in [-0.4, -0.2) is 62.3 Å².